The van der Waals surface area contributed by atoms with Crippen molar-refractivity contribution in [1.29, 1.82) is 0 Å². The van der Waals surface area contributed by atoms with Crippen LogP contribution in [-0.4, -0.2) is 42.8 Å². The lowest BCUT2D eigenvalue weighted by Crippen LogP contribution is -2.43. The molecule has 1 aliphatic rings. The minimum Gasteiger partial charge on any atom is -0.467 e. The van der Waals surface area contributed by atoms with Crippen LogP contribution in [-0.2, 0) is 14.3 Å². The van der Waals surface area contributed by atoms with Gasteiger partial charge in [0, 0.05) is 18.5 Å². The number of hydrogen-bond donors (Lipinski definition) is 3. The van der Waals surface area contributed by atoms with Crippen LogP contribution < -0.4 is 11.1 Å². The van der Waals surface area contributed by atoms with Crippen LogP contribution in [0.3, 0.4) is 0 Å². The number of ether oxygens (including phenoxy) is 1. The molecule has 0 aliphatic carbocycles. The minimum atomic E-state index is -1.36. The highest BCUT2D eigenvalue weighted by Crippen LogP contribution is 2.16. The highest BCUT2D eigenvalue weighted by molar-refractivity contribution is 5.81. The molecule has 0 saturated carbocycles. The summed E-state index contributed by atoms with van der Waals surface area (Å²) in [6, 6.07) is -0.758. The summed E-state index contributed by atoms with van der Waals surface area (Å²) in [6.07, 6.45) is -0.369. The summed E-state index contributed by atoms with van der Waals surface area (Å²) >= 11 is 0. The van der Waals surface area contributed by atoms with Gasteiger partial charge in [-0.3, -0.25) is 4.79 Å². The van der Waals surface area contributed by atoms with E-state index in [1.54, 1.807) is 0 Å². The van der Waals surface area contributed by atoms with Gasteiger partial charge in [-0.1, -0.05) is 0 Å². The molecule has 1 amide bonds. The number of amides is 1. The monoisotopic (exact) mass is 216 g/mol. The van der Waals surface area contributed by atoms with Crippen molar-refractivity contribution in [3.63, 3.8) is 0 Å². The van der Waals surface area contributed by atoms with E-state index in [0.29, 0.717) is 19.4 Å². The molecular formula is C9H16N2O4. The number of nitrogens with two attached hydrogens (primary N) is 1. The van der Waals surface area contributed by atoms with Crippen LogP contribution in [0.2, 0.25) is 0 Å². The first kappa shape index (κ1) is 11.9. The summed E-state index contributed by atoms with van der Waals surface area (Å²) in [5.74, 6) is -1.04. The number of carbonyl (C=O) groups excluding carboxylic acids is 2. The van der Waals surface area contributed by atoms with Gasteiger partial charge in [-0.05, 0) is 12.8 Å². The smallest absolute Gasteiger partial charge is 0.336 e. The van der Waals surface area contributed by atoms with Gasteiger partial charge in [0.05, 0.1) is 7.11 Å². The Bertz CT molecular complexity index is 256. The molecule has 86 valence electrons. The second-order valence-corrected chi connectivity index (χ2v) is 3.64. The Hall–Kier alpha value is -1.14. The number of hydrogen-bond acceptors (Lipinski definition) is 5. The first-order chi connectivity index (χ1) is 7.06. The fourth-order valence-corrected chi connectivity index (χ4v) is 1.62. The van der Waals surface area contributed by atoms with Crippen LogP contribution in [0.25, 0.3) is 0 Å². The summed E-state index contributed by atoms with van der Waals surface area (Å²) < 4.78 is 4.35. The number of aliphatic hydroxyl groups excluding tert-OH is 1. The van der Waals surface area contributed by atoms with Crippen LogP contribution in [0.1, 0.15) is 12.8 Å². The molecule has 0 aromatic carbocycles. The number of carbonyl (C=O) groups is 2. The van der Waals surface area contributed by atoms with Gasteiger partial charge >= 0.3 is 5.97 Å². The van der Waals surface area contributed by atoms with Crippen LogP contribution in [0.4, 0.5) is 0 Å². The number of esters is 1. The largest absolute Gasteiger partial charge is 0.467 e. The second kappa shape index (κ2) is 5.09. The normalized spacial score (nSPS) is 24.5. The Balaban J connectivity index is 2.43. The molecule has 0 bridgehead atoms. The van der Waals surface area contributed by atoms with Crippen molar-refractivity contribution >= 4 is 11.9 Å². The van der Waals surface area contributed by atoms with Crippen LogP contribution in [0, 0.1) is 5.92 Å². The third kappa shape index (κ3) is 2.90. The SMILES string of the molecule is COC(=O)C(O)C(N)CC1CCNC1=O. The molecular weight excluding hydrogens is 200 g/mol. The van der Waals surface area contributed by atoms with E-state index in [4.69, 9.17) is 5.73 Å². The van der Waals surface area contributed by atoms with Gasteiger partial charge in [-0.2, -0.15) is 0 Å². The zero-order valence-corrected chi connectivity index (χ0v) is 8.60. The van der Waals surface area contributed by atoms with E-state index in [-0.39, 0.29) is 11.8 Å². The zero-order chi connectivity index (χ0) is 11.4. The molecule has 1 saturated heterocycles. The van der Waals surface area contributed by atoms with E-state index < -0.39 is 18.1 Å². The Morgan fingerprint density at radius 1 is 1.80 bits per heavy atom. The first-order valence-corrected chi connectivity index (χ1v) is 4.85. The van der Waals surface area contributed by atoms with Crippen LogP contribution in [0.15, 0.2) is 0 Å². The second-order valence-electron chi connectivity index (χ2n) is 3.64. The number of aliphatic hydroxyl groups is 1. The minimum absolute atomic E-state index is 0.0671. The number of methoxy groups -OCH3 is 1. The van der Waals surface area contributed by atoms with Gasteiger partial charge in [-0.25, -0.2) is 4.79 Å². The lowest BCUT2D eigenvalue weighted by molar-refractivity contribution is -0.151. The van der Waals surface area contributed by atoms with Gasteiger partial charge in [0.1, 0.15) is 0 Å². The standard InChI is InChI=1S/C9H16N2O4/c1-15-9(14)7(12)6(10)4-5-2-3-11-8(5)13/h5-7,12H,2-4,10H2,1H3,(H,11,13). The van der Waals surface area contributed by atoms with Crippen molar-refractivity contribution in [2.75, 3.05) is 13.7 Å². The van der Waals surface area contributed by atoms with E-state index >= 15 is 0 Å². The van der Waals surface area contributed by atoms with E-state index in [9.17, 15) is 14.7 Å². The molecule has 6 heteroatoms. The van der Waals surface area contributed by atoms with Crippen molar-refractivity contribution in [2.45, 2.75) is 25.0 Å². The molecule has 1 aliphatic heterocycles. The van der Waals surface area contributed by atoms with Crippen LogP contribution >= 0.6 is 0 Å². The first-order valence-electron chi connectivity index (χ1n) is 4.85. The summed E-state index contributed by atoms with van der Waals surface area (Å²) in [4.78, 5) is 22.2. The van der Waals surface area contributed by atoms with Gasteiger partial charge in [-0.15, -0.1) is 0 Å². The van der Waals surface area contributed by atoms with Crippen molar-refractivity contribution in [3.05, 3.63) is 0 Å². The fourth-order valence-electron chi connectivity index (χ4n) is 1.62. The van der Waals surface area contributed by atoms with Gasteiger partial charge < -0.3 is 20.9 Å². The van der Waals surface area contributed by atoms with E-state index in [2.05, 4.69) is 10.1 Å². The lowest BCUT2D eigenvalue weighted by atomic mass is 9.96. The van der Waals surface area contributed by atoms with E-state index in [0.717, 1.165) is 0 Å². The third-order valence-corrected chi connectivity index (χ3v) is 2.57. The molecule has 3 unspecified atom stereocenters. The van der Waals surface area contributed by atoms with E-state index in [1.165, 1.54) is 7.11 Å². The number of rotatable bonds is 4. The van der Waals surface area contributed by atoms with Gasteiger partial charge in [0.15, 0.2) is 6.10 Å². The Labute approximate surface area is 87.8 Å². The number of nitrogens with one attached hydrogen (secondary N) is 1. The maximum atomic E-state index is 11.2. The third-order valence-electron chi connectivity index (χ3n) is 2.57. The predicted octanol–water partition coefficient (Wildman–Crippen LogP) is -1.63. The highest BCUT2D eigenvalue weighted by atomic mass is 16.5. The lowest BCUT2D eigenvalue weighted by Gasteiger charge is -2.18. The molecule has 0 aromatic heterocycles. The topological polar surface area (TPSA) is 102 Å². The molecule has 0 aromatic rings. The maximum absolute atomic E-state index is 11.2. The van der Waals surface area contributed by atoms with Gasteiger partial charge in [0.2, 0.25) is 5.91 Å². The van der Waals surface area contributed by atoms with Crippen molar-refractivity contribution in [1.82, 2.24) is 5.32 Å². The molecule has 6 nitrogen and oxygen atoms in total. The summed E-state index contributed by atoms with van der Waals surface area (Å²) in [5, 5.41) is 12.1. The summed E-state index contributed by atoms with van der Waals surface area (Å²) in [7, 11) is 1.18. The molecule has 0 spiro atoms. The van der Waals surface area contributed by atoms with Crippen molar-refractivity contribution < 1.29 is 19.4 Å². The molecule has 4 N–H and O–H groups in total. The average Bonchev–Trinajstić information content (AvgIpc) is 2.62. The zero-order valence-electron chi connectivity index (χ0n) is 8.60. The molecule has 3 atom stereocenters. The molecule has 1 rings (SSSR count). The van der Waals surface area contributed by atoms with Crippen molar-refractivity contribution in [2.24, 2.45) is 11.7 Å². The van der Waals surface area contributed by atoms with E-state index in [1.807, 2.05) is 0 Å². The Kier molecular flexibility index (Phi) is 4.05. The summed E-state index contributed by atoms with van der Waals surface area (Å²) in [6.45, 7) is 0.630. The van der Waals surface area contributed by atoms with Crippen molar-refractivity contribution in [3.8, 4) is 0 Å². The summed E-state index contributed by atoms with van der Waals surface area (Å²) in [5.41, 5.74) is 5.60. The fraction of sp³-hybridized carbons (Fsp3) is 0.778. The highest BCUT2D eigenvalue weighted by Gasteiger charge is 2.31. The molecule has 15 heavy (non-hydrogen) atoms. The Morgan fingerprint density at radius 3 is 2.93 bits per heavy atom. The average molecular weight is 216 g/mol. The predicted molar refractivity (Wildman–Crippen MR) is 51.7 cm³/mol. The van der Waals surface area contributed by atoms with Gasteiger partial charge in [0.25, 0.3) is 0 Å². The Morgan fingerprint density at radius 2 is 2.47 bits per heavy atom. The quantitative estimate of drug-likeness (QED) is 0.490. The molecule has 1 heterocycles. The molecule has 1 fully saturated rings. The maximum Gasteiger partial charge on any atom is 0.336 e. The molecule has 0 radical (unpaired) electrons. The van der Waals surface area contributed by atoms with Crippen LogP contribution in [0.5, 0.6) is 0 Å².